The van der Waals surface area contributed by atoms with Gasteiger partial charge in [-0.1, -0.05) is 0 Å². The van der Waals surface area contributed by atoms with Crippen LogP contribution < -0.4 is 0 Å². The Morgan fingerprint density at radius 2 is 1.79 bits per heavy atom. The third-order valence-electron chi connectivity index (χ3n) is 6.38. The number of carbonyl (C=O) groups is 2. The number of hydrogen-bond acceptors (Lipinski definition) is 6. The van der Waals surface area contributed by atoms with Crippen LogP contribution in [0.25, 0.3) is 10.1 Å². The zero-order valence-corrected chi connectivity index (χ0v) is 19.4. The lowest BCUT2D eigenvalue weighted by molar-refractivity contribution is -0.137. The molecule has 33 heavy (non-hydrogen) atoms. The molecule has 3 aromatic rings. The zero-order chi connectivity index (χ0) is 23.3. The van der Waals surface area contributed by atoms with E-state index in [2.05, 4.69) is 9.88 Å². The number of aromatic nitrogens is 1. The van der Waals surface area contributed by atoms with Crippen molar-refractivity contribution in [3.63, 3.8) is 0 Å². The van der Waals surface area contributed by atoms with Gasteiger partial charge in [0.05, 0.1) is 16.0 Å². The van der Waals surface area contributed by atoms with Gasteiger partial charge in [-0.15, -0.1) is 22.7 Å². The molecule has 0 bridgehead atoms. The molecule has 4 heterocycles. The Bertz CT molecular complexity index is 1190. The highest BCUT2D eigenvalue weighted by atomic mass is 32.1. The molecule has 0 radical (unpaired) electrons. The van der Waals surface area contributed by atoms with Crippen molar-refractivity contribution in [1.82, 2.24) is 19.7 Å². The maximum atomic E-state index is 13.1. The molecular weight excluding hydrogens is 473 g/mol. The van der Waals surface area contributed by atoms with Gasteiger partial charge in [0.1, 0.15) is 5.69 Å². The zero-order valence-electron chi connectivity index (χ0n) is 17.8. The number of alkyl halides is 3. The smallest absolute Gasteiger partial charge is 0.335 e. The molecule has 2 saturated heterocycles. The average Bonchev–Trinajstić information content (AvgIpc) is 3.40. The van der Waals surface area contributed by atoms with Crippen LogP contribution in [-0.2, 0) is 6.18 Å². The number of thiophene rings is 1. The molecule has 2 aliphatic rings. The maximum absolute atomic E-state index is 13.1. The number of benzene rings is 1. The second kappa shape index (κ2) is 8.37. The lowest BCUT2D eigenvalue weighted by Crippen LogP contribution is -2.64. The molecule has 2 fully saturated rings. The largest absolute Gasteiger partial charge is 0.416 e. The highest BCUT2D eigenvalue weighted by Crippen LogP contribution is 2.37. The summed E-state index contributed by atoms with van der Waals surface area (Å²) in [5, 5.41) is 2.24. The first kappa shape index (κ1) is 22.3. The number of fused-ring (bicyclic) bond motifs is 1. The predicted molar refractivity (Wildman–Crippen MR) is 121 cm³/mol. The number of likely N-dealkylation sites (tertiary alicyclic amines) is 1. The summed E-state index contributed by atoms with van der Waals surface area (Å²) in [4.78, 5) is 35.9. The van der Waals surface area contributed by atoms with E-state index in [9.17, 15) is 22.8 Å². The van der Waals surface area contributed by atoms with Crippen molar-refractivity contribution >= 4 is 44.6 Å². The molecule has 2 aliphatic heterocycles. The number of nitrogens with zero attached hydrogens (tertiary/aromatic N) is 4. The highest BCUT2D eigenvalue weighted by molar-refractivity contribution is 7.21. The number of halogens is 3. The second-order valence-electron chi connectivity index (χ2n) is 8.33. The third-order valence-corrected chi connectivity index (χ3v) is 8.22. The van der Waals surface area contributed by atoms with Crippen molar-refractivity contribution in [2.24, 2.45) is 0 Å². The standard InChI is InChI=1S/C22H21F3N4O2S2/c1-13-16-8-14(22(23,24)25)2-3-18(16)33-19(13)21(31)29-9-15(10-29)27-4-6-28(7-5-27)20(30)17-11-32-12-26-17/h2-3,8,11-12,15H,4-7,9-10H2,1H3. The van der Waals surface area contributed by atoms with E-state index in [1.165, 1.54) is 28.7 Å². The molecule has 2 aromatic heterocycles. The number of amides is 2. The second-order valence-corrected chi connectivity index (χ2v) is 10.1. The average molecular weight is 495 g/mol. The first-order valence-corrected chi connectivity index (χ1v) is 12.3. The number of hydrogen-bond donors (Lipinski definition) is 0. The van der Waals surface area contributed by atoms with Gasteiger partial charge in [-0.3, -0.25) is 14.5 Å². The minimum absolute atomic E-state index is 0.0461. The van der Waals surface area contributed by atoms with Gasteiger partial charge in [-0.25, -0.2) is 4.98 Å². The summed E-state index contributed by atoms with van der Waals surface area (Å²) >= 11 is 2.65. The molecule has 0 aliphatic carbocycles. The molecule has 2 amide bonds. The van der Waals surface area contributed by atoms with Crippen LogP contribution in [0.15, 0.2) is 29.1 Å². The van der Waals surface area contributed by atoms with Crippen molar-refractivity contribution in [2.75, 3.05) is 39.3 Å². The Kier molecular flexibility index (Phi) is 5.66. The van der Waals surface area contributed by atoms with E-state index in [0.29, 0.717) is 52.4 Å². The van der Waals surface area contributed by atoms with Gasteiger partial charge in [0.15, 0.2) is 0 Å². The molecule has 0 spiro atoms. The molecule has 6 nitrogen and oxygen atoms in total. The van der Waals surface area contributed by atoms with E-state index >= 15 is 0 Å². The summed E-state index contributed by atoms with van der Waals surface area (Å²) in [5.41, 5.74) is 2.03. The van der Waals surface area contributed by atoms with Crippen LogP contribution in [-0.4, -0.2) is 76.8 Å². The van der Waals surface area contributed by atoms with Crippen LogP contribution in [0.3, 0.4) is 0 Å². The molecule has 0 atom stereocenters. The molecule has 0 N–H and O–H groups in total. The Balaban J connectivity index is 1.20. The molecule has 0 unspecified atom stereocenters. The van der Waals surface area contributed by atoms with Crippen molar-refractivity contribution in [1.29, 1.82) is 0 Å². The quantitative estimate of drug-likeness (QED) is 0.553. The van der Waals surface area contributed by atoms with Crippen molar-refractivity contribution < 1.29 is 22.8 Å². The van der Waals surface area contributed by atoms with Crippen LogP contribution in [0.1, 0.15) is 31.3 Å². The molecule has 174 valence electrons. The van der Waals surface area contributed by atoms with Crippen LogP contribution in [0.5, 0.6) is 0 Å². The van der Waals surface area contributed by atoms with Crippen LogP contribution >= 0.6 is 22.7 Å². The number of piperazine rings is 1. The molecule has 0 saturated carbocycles. The summed E-state index contributed by atoms with van der Waals surface area (Å²) in [6, 6.07) is 3.86. The van der Waals surface area contributed by atoms with Gasteiger partial charge in [-0.05, 0) is 36.1 Å². The Hall–Kier alpha value is -2.50. The lowest BCUT2D eigenvalue weighted by Gasteiger charge is -2.48. The van der Waals surface area contributed by atoms with E-state index < -0.39 is 11.7 Å². The summed E-state index contributed by atoms with van der Waals surface area (Å²) in [7, 11) is 0. The third kappa shape index (κ3) is 4.13. The highest BCUT2D eigenvalue weighted by Gasteiger charge is 2.38. The van der Waals surface area contributed by atoms with E-state index in [0.717, 1.165) is 25.2 Å². The van der Waals surface area contributed by atoms with Crippen molar-refractivity contribution in [3.8, 4) is 0 Å². The normalized spacial score (nSPS) is 18.1. The molecule has 5 rings (SSSR count). The topological polar surface area (TPSA) is 56.8 Å². The summed E-state index contributed by atoms with van der Waals surface area (Å²) in [6.45, 7) is 5.60. The van der Waals surface area contributed by atoms with Crippen molar-refractivity contribution in [3.05, 3.63) is 50.8 Å². The lowest BCUT2D eigenvalue weighted by atomic mass is 10.0. The Morgan fingerprint density at radius 1 is 1.06 bits per heavy atom. The van der Waals surface area contributed by atoms with Gasteiger partial charge in [-0.2, -0.15) is 13.2 Å². The number of carbonyl (C=O) groups excluding carboxylic acids is 2. The number of rotatable bonds is 3. The van der Waals surface area contributed by atoms with Gasteiger partial charge >= 0.3 is 6.18 Å². The first-order chi connectivity index (χ1) is 15.7. The summed E-state index contributed by atoms with van der Waals surface area (Å²) in [5.74, 6) is -0.175. The van der Waals surface area contributed by atoms with Gasteiger partial charge < -0.3 is 9.80 Å². The van der Waals surface area contributed by atoms with E-state index in [-0.39, 0.29) is 17.9 Å². The fourth-order valence-electron chi connectivity index (χ4n) is 4.37. The molecular formula is C22H21F3N4O2S2. The Morgan fingerprint density at radius 3 is 2.42 bits per heavy atom. The van der Waals surface area contributed by atoms with Crippen molar-refractivity contribution in [2.45, 2.75) is 19.1 Å². The summed E-state index contributed by atoms with van der Waals surface area (Å²) < 4.78 is 39.9. The summed E-state index contributed by atoms with van der Waals surface area (Å²) in [6.07, 6.45) is -4.41. The van der Waals surface area contributed by atoms with E-state index in [4.69, 9.17) is 0 Å². The van der Waals surface area contributed by atoms with Crippen LogP contribution in [0.4, 0.5) is 13.2 Å². The minimum atomic E-state index is -4.41. The predicted octanol–water partition coefficient (Wildman–Crippen LogP) is 3.97. The maximum Gasteiger partial charge on any atom is 0.416 e. The van der Waals surface area contributed by atoms with Crippen LogP contribution in [0, 0.1) is 6.92 Å². The van der Waals surface area contributed by atoms with Gasteiger partial charge in [0.2, 0.25) is 0 Å². The fraction of sp³-hybridized carbons (Fsp3) is 0.409. The SMILES string of the molecule is Cc1c(C(=O)N2CC(N3CCN(C(=O)c4cscn4)CC3)C2)sc2ccc(C(F)(F)F)cc12. The first-order valence-electron chi connectivity index (χ1n) is 10.5. The monoisotopic (exact) mass is 494 g/mol. The fourth-order valence-corrected chi connectivity index (χ4v) is 6.05. The number of thiazole rings is 1. The molecule has 11 heteroatoms. The van der Waals surface area contributed by atoms with E-state index in [1.807, 2.05) is 4.90 Å². The van der Waals surface area contributed by atoms with Gasteiger partial charge in [0.25, 0.3) is 11.8 Å². The minimum Gasteiger partial charge on any atom is -0.335 e. The molecule has 1 aromatic carbocycles. The van der Waals surface area contributed by atoms with Gasteiger partial charge in [0, 0.05) is 55.4 Å². The van der Waals surface area contributed by atoms with Crippen LogP contribution in [0.2, 0.25) is 0 Å². The Labute approximate surface area is 196 Å². The number of aryl methyl sites for hydroxylation is 1. The van der Waals surface area contributed by atoms with E-state index in [1.54, 1.807) is 22.7 Å².